The number of carbonyl (C=O) groups excluding carboxylic acids is 1. The molecule has 0 aliphatic heterocycles. The molecule has 0 spiro atoms. The van der Waals surface area contributed by atoms with Crippen LogP contribution in [-0.4, -0.2) is 26.3 Å². The molecule has 0 aliphatic rings. The molecule has 0 radical (unpaired) electrons. The van der Waals surface area contributed by atoms with Crippen LogP contribution >= 0.6 is 11.8 Å². The second-order valence-electron chi connectivity index (χ2n) is 7.52. The van der Waals surface area contributed by atoms with Crippen LogP contribution in [0.15, 0.2) is 84.0 Å². The number of halogens is 3. The third-order valence-corrected chi connectivity index (χ3v) is 5.97. The maximum Gasteiger partial charge on any atom is 0.416 e. The predicted molar refractivity (Wildman–Crippen MR) is 122 cm³/mol. The summed E-state index contributed by atoms with van der Waals surface area (Å²) in [5.41, 5.74) is 2.11. The van der Waals surface area contributed by atoms with E-state index < -0.39 is 11.7 Å². The molecule has 168 valence electrons. The summed E-state index contributed by atoms with van der Waals surface area (Å²) in [6.07, 6.45) is -4.09. The lowest BCUT2D eigenvalue weighted by atomic mass is 10.1. The summed E-state index contributed by atoms with van der Waals surface area (Å²) in [4.78, 5) is 12.6. The topological polar surface area (TPSA) is 47.8 Å². The molecule has 0 aliphatic carbocycles. The average Bonchev–Trinajstić information content (AvgIpc) is 3.20. The number of rotatable bonds is 7. The Morgan fingerprint density at radius 3 is 2.36 bits per heavy atom. The molecule has 4 aromatic rings. The first kappa shape index (κ1) is 22.8. The summed E-state index contributed by atoms with van der Waals surface area (Å²) in [6.45, 7) is 1.94. The van der Waals surface area contributed by atoms with Gasteiger partial charge in [0.1, 0.15) is 5.82 Å². The van der Waals surface area contributed by atoms with Gasteiger partial charge in [0.25, 0.3) is 0 Å². The van der Waals surface area contributed by atoms with Crippen molar-refractivity contribution >= 4 is 17.5 Å². The minimum Gasteiger partial charge on any atom is -0.293 e. The fourth-order valence-corrected chi connectivity index (χ4v) is 4.19. The van der Waals surface area contributed by atoms with Crippen LogP contribution in [0.4, 0.5) is 13.2 Å². The fourth-order valence-electron chi connectivity index (χ4n) is 3.32. The zero-order chi connectivity index (χ0) is 23.4. The first-order valence-electron chi connectivity index (χ1n) is 10.2. The van der Waals surface area contributed by atoms with Crippen LogP contribution in [0.5, 0.6) is 0 Å². The summed E-state index contributed by atoms with van der Waals surface area (Å²) in [6, 6.07) is 21.8. The monoisotopic (exact) mass is 467 g/mol. The maximum absolute atomic E-state index is 13.3. The fraction of sp³-hybridized carbons (Fsp3) is 0.160. The van der Waals surface area contributed by atoms with Crippen LogP contribution in [0.1, 0.15) is 32.9 Å². The molecule has 8 heteroatoms. The molecule has 1 heterocycles. The number of nitrogens with zero attached hydrogens (tertiary/aromatic N) is 3. The molecule has 3 aromatic carbocycles. The first-order chi connectivity index (χ1) is 15.8. The third kappa shape index (κ3) is 5.51. The van der Waals surface area contributed by atoms with Crippen LogP contribution in [0.2, 0.25) is 0 Å². The molecule has 0 N–H and O–H groups in total. The second-order valence-corrected chi connectivity index (χ2v) is 8.47. The van der Waals surface area contributed by atoms with Crippen LogP contribution in [-0.2, 0) is 12.6 Å². The van der Waals surface area contributed by atoms with E-state index >= 15 is 0 Å². The van der Waals surface area contributed by atoms with E-state index in [1.807, 2.05) is 49.4 Å². The van der Waals surface area contributed by atoms with Gasteiger partial charge in [-0.15, -0.1) is 10.2 Å². The highest BCUT2D eigenvalue weighted by Crippen LogP contribution is 2.32. The Balaban J connectivity index is 1.67. The normalized spacial score (nSPS) is 11.5. The Hall–Kier alpha value is -3.39. The van der Waals surface area contributed by atoms with Crippen molar-refractivity contribution in [1.29, 1.82) is 0 Å². The number of benzene rings is 3. The molecular weight excluding hydrogens is 447 g/mol. The lowest BCUT2D eigenvalue weighted by Crippen LogP contribution is -2.09. The number of alkyl halides is 3. The van der Waals surface area contributed by atoms with E-state index in [1.54, 1.807) is 22.8 Å². The van der Waals surface area contributed by atoms with E-state index in [-0.39, 0.29) is 11.5 Å². The van der Waals surface area contributed by atoms with Crippen molar-refractivity contribution in [2.24, 2.45) is 0 Å². The summed E-state index contributed by atoms with van der Waals surface area (Å²) >= 11 is 1.15. The molecule has 0 saturated carbocycles. The third-order valence-electron chi connectivity index (χ3n) is 5.04. The van der Waals surface area contributed by atoms with E-state index in [0.29, 0.717) is 28.7 Å². The number of Topliss-reactive ketones (excluding diaryl/α,β-unsaturated/α-hetero) is 1. The largest absolute Gasteiger partial charge is 0.416 e. The maximum atomic E-state index is 13.3. The average molecular weight is 468 g/mol. The van der Waals surface area contributed by atoms with Crippen LogP contribution in [0, 0.1) is 6.92 Å². The molecule has 0 saturated heterocycles. The Morgan fingerprint density at radius 2 is 1.67 bits per heavy atom. The van der Waals surface area contributed by atoms with E-state index in [9.17, 15) is 18.0 Å². The highest BCUT2D eigenvalue weighted by Gasteiger charge is 2.31. The number of hydrogen-bond donors (Lipinski definition) is 0. The van der Waals surface area contributed by atoms with E-state index in [1.165, 1.54) is 6.07 Å². The first-order valence-corrected chi connectivity index (χ1v) is 11.2. The predicted octanol–water partition coefficient (Wildman–Crippen LogP) is 6.16. The zero-order valence-electron chi connectivity index (χ0n) is 17.7. The molecular formula is C25H20F3N3OS. The van der Waals surface area contributed by atoms with Crippen molar-refractivity contribution in [3.05, 3.63) is 107 Å². The number of aromatic nitrogens is 3. The second kappa shape index (κ2) is 9.62. The quantitative estimate of drug-likeness (QED) is 0.241. The molecule has 33 heavy (non-hydrogen) atoms. The molecule has 4 nitrogen and oxygen atoms in total. The van der Waals surface area contributed by atoms with E-state index in [2.05, 4.69) is 10.2 Å². The van der Waals surface area contributed by atoms with Gasteiger partial charge in [0, 0.05) is 12.0 Å². The van der Waals surface area contributed by atoms with Gasteiger partial charge in [0.15, 0.2) is 10.9 Å². The lowest BCUT2D eigenvalue weighted by Gasteiger charge is -2.13. The van der Waals surface area contributed by atoms with E-state index in [0.717, 1.165) is 35.0 Å². The summed E-state index contributed by atoms with van der Waals surface area (Å²) in [7, 11) is 0. The summed E-state index contributed by atoms with van der Waals surface area (Å²) < 4.78 is 41.6. The van der Waals surface area contributed by atoms with Crippen molar-refractivity contribution in [3.8, 4) is 5.69 Å². The van der Waals surface area contributed by atoms with E-state index in [4.69, 9.17) is 0 Å². The van der Waals surface area contributed by atoms with Gasteiger partial charge < -0.3 is 0 Å². The minimum absolute atomic E-state index is 0.0888. The van der Waals surface area contributed by atoms with Crippen molar-refractivity contribution in [2.75, 3.05) is 5.75 Å². The molecule has 0 amide bonds. The Bertz CT molecular complexity index is 1250. The van der Waals surface area contributed by atoms with Gasteiger partial charge in [-0.1, -0.05) is 78.0 Å². The van der Waals surface area contributed by atoms with Gasteiger partial charge in [-0.25, -0.2) is 0 Å². The van der Waals surface area contributed by atoms with Gasteiger partial charge >= 0.3 is 6.18 Å². The molecule has 1 aromatic heterocycles. The smallest absolute Gasteiger partial charge is 0.293 e. The Morgan fingerprint density at radius 1 is 0.939 bits per heavy atom. The van der Waals surface area contributed by atoms with Gasteiger partial charge in [-0.3, -0.25) is 9.36 Å². The van der Waals surface area contributed by atoms with Gasteiger partial charge in [-0.05, 0) is 30.7 Å². The molecule has 0 atom stereocenters. The van der Waals surface area contributed by atoms with Crippen molar-refractivity contribution in [2.45, 2.75) is 24.7 Å². The van der Waals surface area contributed by atoms with Gasteiger partial charge in [-0.2, -0.15) is 13.2 Å². The van der Waals surface area contributed by atoms with Crippen LogP contribution in [0.3, 0.4) is 0 Å². The Kier molecular flexibility index (Phi) is 6.65. The van der Waals surface area contributed by atoms with Gasteiger partial charge in [0.2, 0.25) is 0 Å². The number of ketones is 1. The zero-order valence-corrected chi connectivity index (χ0v) is 18.5. The van der Waals surface area contributed by atoms with Crippen LogP contribution < -0.4 is 0 Å². The highest BCUT2D eigenvalue weighted by molar-refractivity contribution is 7.99. The molecule has 0 fully saturated rings. The van der Waals surface area contributed by atoms with Gasteiger partial charge in [0.05, 0.1) is 17.0 Å². The summed E-state index contributed by atoms with van der Waals surface area (Å²) in [5.74, 6) is 0.486. The number of carbonyl (C=O) groups is 1. The molecule has 0 unspecified atom stereocenters. The molecule has 4 rings (SSSR count). The Labute approximate surface area is 193 Å². The van der Waals surface area contributed by atoms with Crippen molar-refractivity contribution in [3.63, 3.8) is 0 Å². The van der Waals surface area contributed by atoms with Crippen molar-refractivity contribution < 1.29 is 18.0 Å². The molecule has 0 bridgehead atoms. The number of hydrogen-bond acceptors (Lipinski definition) is 4. The van der Waals surface area contributed by atoms with Crippen molar-refractivity contribution in [1.82, 2.24) is 14.8 Å². The lowest BCUT2D eigenvalue weighted by molar-refractivity contribution is -0.137. The van der Waals surface area contributed by atoms with Crippen LogP contribution in [0.25, 0.3) is 5.69 Å². The minimum atomic E-state index is -4.47. The number of thioether (sulfide) groups is 1. The summed E-state index contributed by atoms with van der Waals surface area (Å²) in [5, 5.41) is 8.81. The standard InChI is InChI=1S/C25H20F3N3OS/c1-17-10-12-19(13-11-17)22(32)16-33-24-30-29-23(14-18-6-3-2-4-7-18)31(24)21-9-5-8-20(15-21)25(26,27)28/h2-13,15H,14,16H2,1H3. The highest BCUT2D eigenvalue weighted by atomic mass is 32.2. The number of aryl methyl sites for hydroxylation is 1. The SMILES string of the molecule is Cc1ccc(C(=O)CSc2nnc(Cc3ccccc3)n2-c2cccc(C(F)(F)F)c2)cc1.